The Balaban J connectivity index is 1.53. The van der Waals surface area contributed by atoms with Crippen molar-refractivity contribution in [2.45, 2.75) is 19.8 Å². The van der Waals surface area contributed by atoms with Crippen molar-refractivity contribution in [2.24, 2.45) is 5.92 Å². The summed E-state index contributed by atoms with van der Waals surface area (Å²) in [4.78, 5) is 32.3. The van der Waals surface area contributed by atoms with Crippen LogP contribution in [0.2, 0.25) is 0 Å². The smallest absolute Gasteiger partial charge is 0.254 e. The van der Waals surface area contributed by atoms with E-state index in [1.54, 1.807) is 4.90 Å². The minimum Gasteiger partial charge on any atom is -0.338 e. The molecule has 2 amide bonds. The van der Waals surface area contributed by atoms with Crippen molar-refractivity contribution >= 4 is 28.4 Å². The number of fused-ring (bicyclic) bond motifs is 1. The molecule has 1 saturated heterocycles. The van der Waals surface area contributed by atoms with Crippen molar-refractivity contribution in [1.82, 2.24) is 9.88 Å². The summed E-state index contributed by atoms with van der Waals surface area (Å²) >= 11 is 0. The van der Waals surface area contributed by atoms with Crippen molar-refractivity contribution in [3.05, 3.63) is 71.9 Å². The molecule has 0 bridgehead atoms. The number of piperidine rings is 1. The van der Waals surface area contributed by atoms with Gasteiger partial charge in [0.1, 0.15) is 0 Å². The van der Waals surface area contributed by atoms with Crippen LogP contribution in [-0.2, 0) is 4.79 Å². The predicted octanol–water partition coefficient (Wildman–Crippen LogP) is 4.03. The standard InChI is InChI=1S/C23H23N3O2/c1-16-14-20(19-11-5-6-12-21(19)24-16)23(28)26-13-7-8-17(15-26)22(27)25-18-9-3-2-4-10-18/h2-6,9-12,14,17H,7-8,13,15H2,1H3,(H,25,27)/t17-/m1/s1. The summed E-state index contributed by atoms with van der Waals surface area (Å²) in [6.45, 7) is 3.01. The summed E-state index contributed by atoms with van der Waals surface area (Å²) in [7, 11) is 0. The molecule has 5 nitrogen and oxygen atoms in total. The van der Waals surface area contributed by atoms with Gasteiger partial charge in [0.25, 0.3) is 5.91 Å². The van der Waals surface area contributed by atoms with E-state index in [0.717, 1.165) is 35.1 Å². The van der Waals surface area contributed by atoms with E-state index >= 15 is 0 Å². The third-order valence-electron chi connectivity index (χ3n) is 5.20. The normalized spacial score (nSPS) is 16.8. The van der Waals surface area contributed by atoms with Crippen molar-refractivity contribution in [3.8, 4) is 0 Å². The largest absolute Gasteiger partial charge is 0.338 e. The number of pyridine rings is 1. The van der Waals surface area contributed by atoms with Crippen LogP contribution < -0.4 is 5.32 Å². The van der Waals surface area contributed by atoms with Gasteiger partial charge in [0.05, 0.1) is 17.0 Å². The first-order chi connectivity index (χ1) is 13.6. The van der Waals surface area contributed by atoms with Crippen LogP contribution in [-0.4, -0.2) is 34.8 Å². The number of carbonyl (C=O) groups is 2. The van der Waals surface area contributed by atoms with Crippen LogP contribution >= 0.6 is 0 Å². The van der Waals surface area contributed by atoms with Gasteiger partial charge in [-0.15, -0.1) is 0 Å². The number of carbonyl (C=O) groups excluding carboxylic acids is 2. The van der Waals surface area contributed by atoms with Gasteiger partial charge in [-0.2, -0.15) is 0 Å². The number of para-hydroxylation sites is 2. The van der Waals surface area contributed by atoms with E-state index in [-0.39, 0.29) is 17.7 Å². The number of hydrogen-bond acceptors (Lipinski definition) is 3. The molecule has 1 aliphatic rings. The average Bonchev–Trinajstić information content (AvgIpc) is 2.73. The van der Waals surface area contributed by atoms with E-state index in [9.17, 15) is 9.59 Å². The van der Waals surface area contributed by atoms with Crippen molar-refractivity contribution in [2.75, 3.05) is 18.4 Å². The molecule has 142 valence electrons. The average molecular weight is 373 g/mol. The van der Waals surface area contributed by atoms with Gasteiger partial charge in [0.15, 0.2) is 0 Å². The van der Waals surface area contributed by atoms with Crippen LogP contribution in [0, 0.1) is 12.8 Å². The number of nitrogens with one attached hydrogen (secondary N) is 1. The number of anilines is 1. The zero-order valence-electron chi connectivity index (χ0n) is 15.9. The third-order valence-corrected chi connectivity index (χ3v) is 5.20. The van der Waals surface area contributed by atoms with E-state index in [1.807, 2.05) is 67.6 Å². The molecule has 5 heteroatoms. The SMILES string of the molecule is Cc1cc(C(=O)N2CCC[C@@H](C(=O)Nc3ccccc3)C2)c2ccccc2n1. The minimum absolute atomic E-state index is 0.0283. The number of nitrogens with zero attached hydrogens (tertiary/aromatic N) is 2. The molecule has 28 heavy (non-hydrogen) atoms. The van der Waals surface area contributed by atoms with Crippen LogP contribution in [0.3, 0.4) is 0 Å². The highest BCUT2D eigenvalue weighted by molar-refractivity contribution is 6.06. The summed E-state index contributed by atoms with van der Waals surface area (Å²) in [6.07, 6.45) is 1.61. The Kier molecular flexibility index (Phi) is 5.06. The van der Waals surface area contributed by atoms with E-state index in [1.165, 1.54) is 0 Å². The van der Waals surface area contributed by atoms with E-state index in [2.05, 4.69) is 10.3 Å². The summed E-state index contributed by atoms with van der Waals surface area (Å²) in [6, 6.07) is 19.0. The number of aryl methyl sites for hydroxylation is 1. The highest BCUT2D eigenvalue weighted by atomic mass is 16.2. The van der Waals surface area contributed by atoms with Gasteiger partial charge in [-0.3, -0.25) is 14.6 Å². The van der Waals surface area contributed by atoms with Gasteiger partial charge in [0, 0.05) is 29.9 Å². The number of hydrogen-bond donors (Lipinski definition) is 1. The molecule has 1 aliphatic heterocycles. The quantitative estimate of drug-likeness (QED) is 0.754. The summed E-state index contributed by atoms with van der Waals surface area (Å²) in [5.74, 6) is -0.259. The van der Waals surface area contributed by atoms with E-state index < -0.39 is 0 Å². The zero-order chi connectivity index (χ0) is 19.5. The van der Waals surface area contributed by atoms with Crippen LogP contribution in [0.1, 0.15) is 28.9 Å². The third kappa shape index (κ3) is 3.74. The highest BCUT2D eigenvalue weighted by Crippen LogP contribution is 2.24. The summed E-state index contributed by atoms with van der Waals surface area (Å²) in [5, 5.41) is 3.82. The lowest BCUT2D eigenvalue weighted by Gasteiger charge is -2.32. The van der Waals surface area contributed by atoms with Crippen LogP contribution in [0.25, 0.3) is 10.9 Å². The Morgan fingerprint density at radius 1 is 1.07 bits per heavy atom. The lowest BCUT2D eigenvalue weighted by molar-refractivity contribution is -0.121. The Morgan fingerprint density at radius 3 is 2.64 bits per heavy atom. The molecule has 0 aliphatic carbocycles. The Morgan fingerprint density at radius 2 is 1.82 bits per heavy atom. The van der Waals surface area contributed by atoms with Crippen LogP contribution in [0.15, 0.2) is 60.7 Å². The molecular formula is C23H23N3O2. The predicted molar refractivity (Wildman–Crippen MR) is 110 cm³/mol. The molecule has 2 heterocycles. The number of likely N-dealkylation sites (tertiary alicyclic amines) is 1. The lowest BCUT2D eigenvalue weighted by atomic mass is 9.95. The molecular weight excluding hydrogens is 350 g/mol. The molecule has 2 aromatic carbocycles. The fourth-order valence-corrected chi connectivity index (χ4v) is 3.80. The maximum atomic E-state index is 13.3. The van der Waals surface area contributed by atoms with Crippen molar-refractivity contribution in [3.63, 3.8) is 0 Å². The Bertz CT molecular complexity index is 1020. The number of amides is 2. The molecule has 0 spiro atoms. The first-order valence-corrected chi connectivity index (χ1v) is 9.63. The molecule has 1 fully saturated rings. The number of benzene rings is 2. The summed E-state index contributed by atoms with van der Waals surface area (Å²) < 4.78 is 0. The maximum Gasteiger partial charge on any atom is 0.254 e. The lowest BCUT2D eigenvalue weighted by Crippen LogP contribution is -2.43. The first-order valence-electron chi connectivity index (χ1n) is 9.63. The molecule has 3 aromatic rings. The fourth-order valence-electron chi connectivity index (χ4n) is 3.80. The van der Waals surface area contributed by atoms with Crippen LogP contribution in [0.4, 0.5) is 5.69 Å². The fraction of sp³-hybridized carbons (Fsp3) is 0.261. The van der Waals surface area contributed by atoms with Gasteiger partial charge in [0.2, 0.25) is 5.91 Å². The summed E-state index contributed by atoms with van der Waals surface area (Å²) in [5.41, 5.74) is 3.08. The second-order valence-corrected chi connectivity index (χ2v) is 7.27. The second kappa shape index (κ2) is 7.80. The van der Waals surface area contributed by atoms with Gasteiger partial charge < -0.3 is 10.2 Å². The van der Waals surface area contributed by atoms with Crippen molar-refractivity contribution < 1.29 is 9.59 Å². The van der Waals surface area contributed by atoms with Crippen molar-refractivity contribution in [1.29, 1.82) is 0 Å². The highest BCUT2D eigenvalue weighted by Gasteiger charge is 2.29. The minimum atomic E-state index is -0.202. The first kappa shape index (κ1) is 18.2. The Hall–Kier alpha value is -3.21. The molecule has 0 saturated carbocycles. The topological polar surface area (TPSA) is 62.3 Å². The molecule has 1 atom stereocenters. The number of aromatic nitrogens is 1. The molecule has 1 N–H and O–H groups in total. The van der Waals surface area contributed by atoms with Gasteiger partial charge in [-0.1, -0.05) is 36.4 Å². The molecule has 0 unspecified atom stereocenters. The second-order valence-electron chi connectivity index (χ2n) is 7.27. The molecule has 4 rings (SSSR count). The maximum absolute atomic E-state index is 13.3. The Labute approximate surface area is 164 Å². The van der Waals surface area contributed by atoms with Gasteiger partial charge in [-0.05, 0) is 44.0 Å². The van der Waals surface area contributed by atoms with Gasteiger partial charge >= 0.3 is 0 Å². The number of rotatable bonds is 3. The van der Waals surface area contributed by atoms with E-state index in [4.69, 9.17) is 0 Å². The van der Waals surface area contributed by atoms with E-state index in [0.29, 0.717) is 18.7 Å². The zero-order valence-corrected chi connectivity index (χ0v) is 15.9. The van der Waals surface area contributed by atoms with Gasteiger partial charge in [-0.25, -0.2) is 0 Å². The monoisotopic (exact) mass is 373 g/mol. The molecule has 1 aromatic heterocycles. The van der Waals surface area contributed by atoms with Crippen LogP contribution in [0.5, 0.6) is 0 Å². The molecule has 0 radical (unpaired) electrons.